The van der Waals surface area contributed by atoms with E-state index in [0.29, 0.717) is 11.0 Å². The second-order valence-corrected chi connectivity index (χ2v) is 6.78. The summed E-state index contributed by atoms with van der Waals surface area (Å²) >= 11 is 1.56. The Morgan fingerprint density at radius 1 is 1.04 bits per heavy atom. The monoisotopic (exact) mass is 331 g/mol. The summed E-state index contributed by atoms with van der Waals surface area (Å²) in [5.74, 6) is 0.928. The lowest BCUT2D eigenvalue weighted by Gasteiger charge is -2.07. The van der Waals surface area contributed by atoms with Crippen LogP contribution in [0.25, 0.3) is 37.0 Å². The predicted molar refractivity (Wildman–Crippen MR) is 99.0 cm³/mol. The fraction of sp³-hybridized carbons (Fsp3) is 0.105. The highest BCUT2D eigenvalue weighted by atomic mass is 32.1. The molecule has 116 valence electrons. The summed E-state index contributed by atoms with van der Waals surface area (Å²) in [5, 5.41) is 1.35. The summed E-state index contributed by atoms with van der Waals surface area (Å²) in [5.41, 5.74) is 2.61. The highest BCUT2D eigenvalue weighted by Crippen LogP contribution is 2.28. The van der Waals surface area contributed by atoms with Crippen LogP contribution in [0.2, 0.25) is 0 Å². The molecule has 0 fully saturated rings. The van der Waals surface area contributed by atoms with Gasteiger partial charge >= 0.3 is 0 Å². The SMILES string of the molecule is CCc1nc2sc3ccccc3c(=O)c2c2nc3ccccc3n12. The maximum Gasteiger partial charge on any atom is 0.201 e. The van der Waals surface area contributed by atoms with Crippen LogP contribution in [-0.4, -0.2) is 14.4 Å². The molecule has 0 aliphatic heterocycles. The summed E-state index contributed by atoms with van der Waals surface area (Å²) in [4.78, 5) is 23.4. The Labute approximate surface area is 141 Å². The minimum Gasteiger partial charge on any atom is -0.288 e. The maximum absolute atomic E-state index is 13.1. The van der Waals surface area contributed by atoms with Crippen LogP contribution < -0.4 is 5.43 Å². The Morgan fingerprint density at radius 2 is 1.83 bits per heavy atom. The van der Waals surface area contributed by atoms with Crippen LogP contribution in [0.1, 0.15) is 12.7 Å². The molecule has 3 aromatic heterocycles. The van der Waals surface area contributed by atoms with E-state index in [2.05, 4.69) is 6.92 Å². The summed E-state index contributed by atoms with van der Waals surface area (Å²) in [6.45, 7) is 2.08. The van der Waals surface area contributed by atoms with Gasteiger partial charge in [-0.05, 0) is 24.3 Å². The number of benzene rings is 2. The van der Waals surface area contributed by atoms with Gasteiger partial charge < -0.3 is 0 Å². The fourth-order valence-electron chi connectivity index (χ4n) is 3.27. The van der Waals surface area contributed by atoms with Crippen molar-refractivity contribution in [3.63, 3.8) is 0 Å². The molecule has 0 aliphatic rings. The number of hydrogen-bond donors (Lipinski definition) is 0. The summed E-state index contributed by atoms with van der Waals surface area (Å²) in [6.07, 6.45) is 0.778. The average Bonchev–Trinajstić information content (AvgIpc) is 3.00. The van der Waals surface area contributed by atoms with Crippen molar-refractivity contribution in [3.8, 4) is 0 Å². The molecule has 0 atom stereocenters. The largest absolute Gasteiger partial charge is 0.288 e. The first-order valence-electron chi connectivity index (χ1n) is 7.89. The number of hydrogen-bond acceptors (Lipinski definition) is 4. The van der Waals surface area contributed by atoms with Crippen molar-refractivity contribution < 1.29 is 0 Å². The van der Waals surface area contributed by atoms with Crippen molar-refractivity contribution in [1.29, 1.82) is 0 Å². The van der Waals surface area contributed by atoms with E-state index in [1.54, 1.807) is 11.3 Å². The lowest BCUT2D eigenvalue weighted by molar-refractivity contribution is 0.932. The van der Waals surface area contributed by atoms with Crippen LogP contribution in [0.15, 0.2) is 53.3 Å². The Kier molecular flexibility index (Phi) is 2.76. The molecule has 4 nitrogen and oxygen atoms in total. The van der Waals surface area contributed by atoms with Gasteiger partial charge in [-0.1, -0.05) is 31.2 Å². The van der Waals surface area contributed by atoms with Gasteiger partial charge in [-0.3, -0.25) is 9.20 Å². The second-order valence-electron chi connectivity index (χ2n) is 5.75. The third-order valence-electron chi connectivity index (χ3n) is 4.37. The predicted octanol–water partition coefficient (Wildman–Crippen LogP) is 4.17. The summed E-state index contributed by atoms with van der Waals surface area (Å²) in [6, 6.07) is 15.6. The van der Waals surface area contributed by atoms with E-state index in [9.17, 15) is 4.79 Å². The van der Waals surface area contributed by atoms with E-state index in [-0.39, 0.29) is 5.43 Å². The molecular weight excluding hydrogens is 318 g/mol. The minimum absolute atomic E-state index is 0.00908. The number of aryl methyl sites for hydroxylation is 1. The zero-order valence-corrected chi connectivity index (χ0v) is 13.8. The number of para-hydroxylation sites is 2. The molecule has 0 unspecified atom stereocenters. The number of aromatic nitrogens is 3. The van der Waals surface area contributed by atoms with Crippen LogP contribution >= 0.6 is 11.3 Å². The third kappa shape index (κ3) is 1.70. The first kappa shape index (κ1) is 13.6. The zero-order chi connectivity index (χ0) is 16.3. The molecular formula is C19H13N3OS. The molecule has 5 rings (SSSR count). The molecule has 0 saturated carbocycles. The molecule has 0 aliphatic carbocycles. The number of fused-ring (bicyclic) bond motifs is 6. The first-order chi connectivity index (χ1) is 11.8. The molecule has 3 heterocycles. The van der Waals surface area contributed by atoms with Gasteiger partial charge in [-0.2, -0.15) is 0 Å². The topological polar surface area (TPSA) is 47.3 Å². The van der Waals surface area contributed by atoms with Gasteiger partial charge in [-0.15, -0.1) is 11.3 Å². The van der Waals surface area contributed by atoms with Crippen molar-refractivity contribution in [2.75, 3.05) is 0 Å². The number of rotatable bonds is 1. The van der Waals surface area contributed by atoms with E-state index < -0.39 is 0 Å². The van der Waals surface area contributed by atoms with Crippen LogP contribution in [-0.2, 0) is 6.42 Å². The highest BCUT2D eigenvalue weighted by molar-refractivity contribution is 7.24. The lowest BCUT2D eigenvalue weighted by Crippen LogP contribution is -2.08. The van der Waals surface area contributed by atoms with Crippen molar-refractivity contribution in [3.05, 3.63) is 64.6 Å². The lowest BCUT2D eigenvalue weighted by atomic mass is 10.2. The molecule has 5 aromatic rings. The molecule has 2 aromatic carbocycles. The molecule has 0 bridgehead atoms. The molecule has 24 heavy (non-hydrogen) atoms. The van der Waals surface area contributed by atoms with Crippen molar-refractivity contribution in [1.82, 2.24) is 14.4 Å². The quantitative estimate of drug-likeness (QED) is 0.433. The van der Waals surface area contributed by atoms with Crippen molar-refractivity contribution >= 4 is 48.3 Å². The third-order valence-corrected chi connectivity index (χ3v) is 5.43. The van der Waals surface area contributed by atoms with Gasteiger partial charge in [0.05, 0.1) is 11.0 Å². The van der Waals surface area contributed by atoms with E-state index in [0.717, 1.165) is 38.2 Å². The van der Waals surface area contributed by atoms with Gasteiger partial charge in [-0.25, -0.2) is 9.97 Å². The normalized spacial score (nSPS) is 11.9. The Balaban J connectivity index is 2.14. The molecule has 0 amide bonds. The molecule has 0 N–H and O–H groups in total. The van der Waals surface area contributed by atoms with Crippen LogP contribution in [0.4, 0.5) is 0 Å². The van der Waals surface area contributed by atoms with Crippen LogP contribution in [0.3, 0.4) is 0 Å². The average molecular weight is 331 g/mol. The molecule has 0 spiro atoms. The van der Waals surface area contributed by atoms with Crippen molar-refractivity contribution in [2.45, 2.75) is 13.3 Å². The fourth-order valence-corrected chi connectivity index (χ4v) is 4.33. The van der Waals surface area contributed by atoms with Crippen LogP contribution in [0.5, 0.6) is 0 Å². The molecule has 0 saturated heterocycles. The van der Waals surface area contributed by atoms with Gasteiger partial charge in [0.15, 0.2) is 5.65 Å². The van der Waals surface area contributed by atoms with E-state index in [4.69, 9.17) is 9.97 Å². The van der Waals surface area contributed by atoms with Gasteiger partial charge in [0, 0.05) is 16.5 Å². The second kappa shape index (κ2) is 4.85. The summed E-state index contributed by atoms with van der Waals surface area (Å²) < 4.78 is 2.99. The summed E-state index contributed by atoms with van der Waals surface area (Å²) in [7, 11) is 0. The van der Waals surface area contributed by atoms with E-state index in [1.807, 2.05) is 52.9 Å². The zero-order valence-electron chi connectivity index (χ0n) is 13.0. The Bertz CT molecular complexity index is 1320. The molecule has 0 radical (unpaired) electrons. The number of imidazole rings is 1. The Hall–Kier alpha value is -2.79. The standard InChI is InChI=1S/C19H13N3OS/c1-2-15-21-19-16(17(23)11-7-3-6-10-14(11)24-19)18-20-12-8-4-5-9-13(12)22(15)18/h3-10H,2H2,1H3. The van der Waals surface area contributed by atoms with Crippen molar-refractivity contribution in [2.24, 2.45) is 0 Å². The first-order valence-corrected chi connectivity index (χ1v) is 8.71. The minimum atomic E-state index is 0.00908. The van der Waals surface area contributed by atoms with Crippen LogP contribution in [0, 0.1) is 0 Å². The highest BCUT2D eigenvalue weighted by Gasteiger charge is 2.17. The number of nitrogens with zero attached hydrogens (tertiary/aromatic N) is 3. The molecule has 5 heteroatoms. The van der Waals surface area contributed by atoms with Gasteiger partial charge in [0.25, 0.3) is 0 Å². The van der Waals surface area contributed by atoms with E-state index in [1.165, 1.54) is 0 Å². The maximum atomic E-state index is 13.1. The Morgan fingerprint density at radius 3 is 2.71 bits per heavy atom. The van der Waals surface area contributed by atoms with Gasteiger partial charge in [0.2, 0.25) is 5.43 Å². The van der Waals surface area contributed by atoms with Gasteiger partial charge in [0.1, 0.15) is 16.0 Å². The smallest absolute Gasteiger partial charge is 0.201 e. The van der Waals surface area contributed by atoms with E-state index >= 15 is 0 Å².